The van der Waals surface area contributed by atoms with Crippen LogP contribution >= 0.6 is 0 Å². The fraction of sp³-hybridized carbons (Fsp3) is 0.733. The lowest BCUT2D eigenvalue weighted by Gasteiger charge is -2.64. The van der Waals surface area contributed by atoms with Gasteiger partial charge in [-0.25, -0.2) is 4.79 Å². The zero-order valence-electron chi connectivity index (χ0n) is 24.0. The summed E-state index contributed by atoms with van der Waals surface area (Å²) >= 11 is 0. The van der Waals surface area contributed by atoms with Gasteiger partial charge in [0.05, 0.1) is 23.2 Å². The highest BCUT2D eigenvalue weighted by atomic mass is 16.7. The number of carboxylic acid groups (broad SMARTS) is 1. The quantitative estimate of drug-likeness (QED) is 0.472. The molecule has 8 heteroatoms. The Bertz CT molecular complexity index is 1060. The number of carbonyl (C=O) groups is 2. The Morgan fingerprint density at radius 3 is 2.53 bits per heavy atom. The lowest BCUT2D eigenvalue weighted by molar-refractivity contribution is -0.199. The number of nitrogens with zero attached hydrogens (tertiary/aromatic N) is 1. The lowest BCUT2D eigenvalue weighted by Crippen LogP contribution is -2.65. The molecule has 0 radical (unpaired) electrons. The molecule has 2 saturated heterocycles. The number of likely N-dealkylation sites (tertiary alicyclic amines) is 1. The van der Waals surface area contributed by atoms with Crippen LogP contribution in [0.25, 0.3) is 0 Å². The molecule has 208 valence electrons. The van der Waals surface area contributed by atoms with E-state index in [0.717, 1.165) is 24.8 Å². The average Bonchev–Trinajstić information content (AvgIpc) is 3.44. The van der Waals surface area contributed by atoms with E-state index >= 15 is 0 Å². The molecule has 2 N–H and O–H groups in total. The number of carbonyl (C=O) groups excluding carboxylic acids is 1. The summed E-state index contributed by atoms with van der Waals surface area (Å²) in [5.74, 6) is 0.709. The van der Waals surface area contributed by atoms with Crippen molar-refractivity contribution in [3.63, 3.8) is 0 Å². The fourth-order valence-electron chi connectivity index (χ4n) is 8.33. The van der Waals surface area contributed by atoms with Gasteiger partial charge in [-0.05, 0) is 73.7 Å². The van der Waals surface area contributed by atoms with E-state index in [0.29, 0.717) is 31.2 Å². The van der Waals surface area contributed by atoms with Gasteiger partial charge in [0.2, 0.25) is 5.91 Å². The van der Waals surface area contributed by atoms with Gasteiger partial charge in [-0.3, -0.25) is 4.79 Å². The van der Waals surface area contributed by atoms with E-state index in [1.165, 1.54) is 6.42 Å². The maximum atomic E-state index is 13.5. The van der Waals surface area contributed by atoms with Crippen LogP contribution in [0.2, 0.25) is 0 Å². The van der Waals surface area contributed by atoms with Crippen LogP contribution < -0.4 is 5.32 Å². The normalized spacial score (nSPS) is 34.4. The summed E-state index contributed by atoms with van der Waals surface area (Å²) in [5, 5.41) is 13.2. The molecular weight excluding hydrogens is 479 g/mol. The highest BCUT2D eigenvalue weighted by Gasteiger charge is 2.68. The second-order valence-corrected chi connectivity index (χ2v) is 14.0. The van der Waals surface area contributed by atoms with Crippen LogP contribution in [0.1, 0.15) is 85.6 Å². The molecule has 0 aromatic heterocycles. The monoisotopic (exact) mass is 524 g/mol. The first-order chi connectivity index (χ1) is 17.8. The predicted octanol–water partition coefficient (Wildman–Crippen LogP) is 5.32. The van der Waals surface area contributed by atoms with Gasteiger partial charge in [0, 0.05) is 13.0 Å². The largest absolute Gasteiger partial charge is 0.482 e. The van der Waals surface area contributed by atoms with Crippen molar-refractivity contribution in [1.29, 1.82) is 0 Å². The summed E-state index contributed by atoms with van der Waals surface area (Å²) in [6.07, 6.45) is 4.30. The molecule has 2 heterocycles. The van der Waals surface area contributed by atoms with Crippen molar-refractivity contribution in [2.45, 2.75) is 110 Å². The van der Waals surface area contributed by atoms with Gasteiger partial charge >= 0.3 is 13.2 Å². The number of hydrogen-bond donors (Lipinski definition) is 2. The first-order valence-electron chi connectivity index (χ1n) is 14.4. The molecule has 1 aromatic carbocycles. The van der Waals surface area contributed by atoms with Crippen molar-refractivity contribution < 1.29 is 24.0 Å². The standard InChI is InChI=1S/C30H45BN2O5/c1-27(2,3)30(14-10-16-33(30)26(35)36)15-13-25(34)32-24(17-20-11-8-7-9-12-20)31-37-23-19-21-18-22(28(21,4)5)29(23,6)38-31/h7-9,11-12,21-24H,10,13-19H2,1-6H3,(H,32,34)(H,35,36)/t21-,22-,23+,24-,29-,30?/m0/s1. The van der Waals surface area contributed by atoms with E-state index in [1.807, 2.05) is 18.2 Å². The van der Waals surface area contributed by atoms with E-state index in [-0.39, 0.29) is 40.8 Å². The average molecular weight is 525 g/mol. The third-order valence-corrected chi connectivity index (χ3v) is 10.8. The Kier molecular flexibility index (Phi) is 6.91. The van der Waals surface area contributed by atoms with E-state index in [9.17, 15) is 14.7 Å². The summed E-state index contributed by atoms with van der Waals surface area (Å²) in [6.45, 7) is 13.7. The molecule has 2 amide bonds. The zero-order chi connectivity index (χ0) is 27.5. The fourth-order valence-corrected chi connectivity index (χ4v) is 8.33. The molecule has 2 bridgehead atoms. The summed E-state index contributed by atoms with van der Waals surface area (Å²) < 4.78 is 13.3. The molecule has 6 atom stereocenters. The van der Waals surface area contributed by atoms with Crippen molar-refractivity contribution in [1.82, 2.24) is 10.2 Å². The highest BCUT2D eigenvalue weighted by Crippen LogP contribution is 2.65. The maximum Gasteiger partial charge on any atom is 0.482 e. The number of hydrogen-bond acceptors (Lipinski definition) is 4. The van der Waals surface area contributed by atoms with Gasteiger partial charge in [0.25, 0.3) is 0 Å². The van der Waals surface area contributed by atoms with Crippen LogP contribution in [0, 0.1) is 22.7 Å². The number of nitrogens with one attached hydrogen (secondary N) is 1. The minimum absolute atomic E-state index is 0.0474. The van der Waals surface area contributed by atoms with Crippen LogP contribution in [0.3, 0.4) is 0 Å². The molecular formula is C30H45BN2O5. The minimum Gasteiger partial charge on any atom is -0.465 e. The first-order valence-corrected chi connectivity index (χ1v) is 14.4. The van der Waals surface area contributed by atoms with E-state index in [4.69, 9.17) is 9.31 Å². The van der Waals surface area contributed by atoms with Crippen molar-refractivity contribution in [3.8, 4) is 0 Å². The predicted molar refractivity (Wildman–Crippen MR) is 148 cm³/mol. The summed E-state index contributed by atoms with van der Waals surface area (Å²) in [6, 6.07) is 10.2. The molecule has 5 fully saturated rings. The molecule has 3 saturated carbocycles. The Labute approximate surface area is 228 Å². The Morgan fingerprint density at radius 1 is 1.18 bits per heavy atom. The topological polar surface area (TPSA) is 88.1 Å². The minimum atomic E-state index is -0.898. The summed E-state index contributed by atoms with van der Waals surface area (Å²) in [4.78, 5) is 27.1. The van der Waals surface area contributed by atoms with E-state index in [2.05, 4.69) is 59.0 Å². The van der Waals surface area contributed by atoms with Gasteiger partial charge in [0.1, 0.15) is 0 Å². The van der Waals surface area contributed by atoms with E-state index in [1.54, 1.807) is 4.90 Å². The van der Waals surface area contributed by atoms with Gasteiger partial charge in [0.15, 0.2) is 0 Å². The molecule has 1 aromatic rings. The van der Waals surface area contributed by atoms with Crippen molar-refractivity contribution >= 4 is 19.1 Å². The third kappa shape index (κ3) is 4.45. The first kappa shape index (κ1) is 27.5. The smallest absolute Gasteiger partial charge is 0.465 e. The van der Waals surface area contributed by atoms with Gasteiger partial charge in [-0.15, -0.1) is 0 Å². The van der Waals surface area contributed by atoms with Crippen LogP contribution in [-0.4, -0.2) is 58.9 Å². The molecule has 0 spiro atoms. The zero-order valence-corrected chi connectivity index (χ0v) is 24.0. The molecule has 2 aliphatic heterocycles. The van der Waals surface area contributed by atoms with Crippen molar-refractivity contribution in [3.05, 3.63) is 35.9 Å². The third-order valence-electron chi connectivity index (χ3n) is 10.8. The van der Waals surface area contributed by atoms with Gasteiger partial charge < -0.3 is 24.6 Å². The summed E-state index contributed by atoms with van der Waals surface area (Å²) in [7, 11) is -0.511. The molecule has 38 heavy (non-hydrogen) atoms. The van der Waals surface area contributed by atoms with Gasteiger partial charge in [-0.1, -0.05) is 65.0 Å². The number of amides is 2. The Balaban J connectivity index is 1.32. The molecule has 7 nitrogen and oxygen atoms in total. The number of benzene rings is 1. The molecule has 3 aliphatic carbocycles. The second kappa shape index (κ2) is 9.55. The van der Waals surface area contributed by atoms with E-state index < -0.39 is 18.8 Å². The number of rotatable bonds is 7. The van der Waals surface area contributed by atoms with Crippen LogP contribution in [-0.2, 0) is 20.5 Å². The summed E-state index contributed by atoms with van der Waals surface area (Å²) in [5.41, 5.74) is 0.195. The Morgan fingerprint density at radius 2 is 1.89 bits per heavy atom. The molecule has 1 unspecified atom stereocenters. The molecule has 5 aliphatic rings. The Hall–Kier alpha value is -2.06. The second-order valence-electron chi connectivity index (χ2n) is 14.0. The highest BCUT2D eigenvalue weighted by molar-refractivity contribution is 6.48. The van der Waals surface area contributed by atoms with Crippen LogP contribution in [0.5, 0.6) is 0 Å². The maximum absolute atomic E-state index is 13.5. The SMILES string of the molecule is CC1(C)[C@@H]2C[C@H]3OB([C@H](Cc4ccccc4)NC(=O)CCC4(C(C)(C)C)CCCN4C(=O)O)O[C@@]3(C)[C@H]1C2. The van der Waals surface area contributed by atoms with Crippen LogP contribution in [0.4, 0.5) is 4.79 Å². The van der Waals surface area contributed by atoms with Crippen molar-refractivity contribution in [2.75, 3.05) is 6.54 Å². The molecule has 6 rings (SSSR count). The van der Waals surface area contributed by atoms with Crippen molar-refractivity contribution in [2.24, 2.45) is 22.7 Å². The van der Waals surface area contributed by atoms with Gasteiger partial charge in [-0.2, -0.15) is 0 Å². The van der Waals surface area contributed by atoms with Crippen LogP contribution in [0.15, 0.2) is 30.3 Å². The lowest BCUT2D eigenvalue weighted by atomic mass is 9.43.